The number of para-hydroxylation sites is 1. The van der Waals surface area contributed by atoms with Crippen LogP contribution in [-0.2, 0) is 0 Å². The molecule has 0 unspecified atom stereocenters. The Kier molecular flexibility index (Phi) is 1.59. The molecule has 3 aromatic rings. The van der Waals surface area contributed by atoms with Crippen LogP contribution in [0, 0.1) is 0 Å². The Morgan fingerprint density at radius 3 is 2.80 bits per heavy atom. The van der Waals surface area contributed by atoms with Gasteiger partial charge in [0, 0.05) is 0 Å². The fourth-order valence-corrected chi connectivity index (χ4v) is 1.80. The summed E-state index contributed by atoms with van der Waals surface area (Å²) in [4.78, 5) is 15.6. The van der Waals surface area contributed by atoms with Crippen molar-refractivity contribution in [1.82, 2.24) is 9.38 Å². The van der Waals surface area contributed by atoms with Crippen molar-refractivity contribution in [1.29, 1.82) is 0 Å². The van der Waals surface area contributed by atoms with Crippen molar-refractivity contribution in [3.05, 3.63) is 59.1 Å². The van der Waals surface area contributed by atoms with E-state index in [0.29, 0.717) is 0 Å². The number of benzene rings is 1. The molecule has 0 atom stereocenters. The van der Waals surface area contributed by atoms with Gasteiger partial charge in [-0.05, 0) is 17.5 Å². The van der Waals surface area contributed by atoms with Crippen molar-refractivity contribution in [2.75, 3.05) is 0 Å². The van der Waals surface area contributed by atoms with E-state index in [9.17, 15) is 4.79 Å². The first kappa shape index (κ1) is 8.17. The Morgan fingerprint density at radius 1 is 1.00 bits per heavy atom. The van der Waals surface area contributed by atoms with E-state index in [2.05, 4.69) is 4.98 Å². The third-order valence-corrected chi connectivity index (χ3v) is 2.48. The van der Waals surface area contributed by atoms with E-state index in [1.807, 2.05) is 36.4 Å². The van der Waals surface area contributed by atoms with Crippen LogP contribution in [0.5, 0.6) is 0 Å². The van der Waals surface area contributed by atoms with Crippen molar-refractivity contribution >= 4 is 16.4 Å². The van der Waals surface area contributed by atoms with Crippen molar-refractivity contribution < 1.29 is 0 Å². The summed E-state index contributed by atoms with van der Waals surface area (Å²) in [7, 11) is 0. The zero-order valence-electron chi connectivity index (χ0n) is 7.92. The van der Waals surface area contributed by atoms with Gasteiger partial charge in [-0.2, -0.15) is 0 Å². The summed E-state index contributed by atoms with van der Waals surface area (Å²) in [5.74, 6) is 0. The van der Waals surface area contributed by atoms with E-state index < -0.39 is 0 Å². The van der Waals surface area contributed by atoms with E-state index in [-0.39, 0.29) is 5.56 Å². The van der Waals surface area contributed by atoms with Crippen LogP contribution in [-0.4, -0.2) is 9.38 Å². The molecule has 2 aromatic heterocycles. The molecule has 0 N–H and O–H groups in total. The molecule has 0 spiro atoms. The number of hydrogen-bond donors (Lipinski definition) is 0. The minimum absolute atomic E-state index is 0.0932. The van der Waals surface area contributed by atoms with E-state index in [4.69, 9.17) is 0 Å². The lowest BCUT2D eigenvalue weighted by Crippen LogP contribution is -2.13. The molecule has 3 heteroatoms. The van der Waals surface area contributed by atoms with Crippen LogP contribution >= 0.6 is 0 Å². The Balaban J connectivity index is 2.70. The summed E-state index contributed by atoms with van der Waals surface area (Å²) in [5.41, 5.74) is 1.65. The summed E-state index contributed by atoms with van der Waals surface area (Å²) in [5, 5.41) is 1.05. The maximum Gasteiger partial charge on any atom is 0.274 e. The van der Waals surface area contributed by atoms with Crippen molar-refractivity contribution in [3.63, 3.8) is 0 Å². The zero-order chi connectivity index (χ0) is 10.3. The quantitative estimate of drug-likeness (QED) is 0.514. The first-order chi connectivity index (χ1) is 7.36. The smallest absolute Gasteiger partial charge is 0.274 e. The van der Waals surface area contributed by atoms with Crippen LogP contribution in [0.1, 0.15) is 0 Å². The molecule has 3 rings (SSSR count). The largest absolute Gasteiger partial charge is 0.274 e. The molecule has 15 heavy (non-hydrogen) atoms. The van der Waals surface area contributed by atoms with Gasteiger partial charge in [0.05, 0.1) is 23.4 Å². The number of aromatic nitrogens is 2. The van der Waals surface area contributed by atoms with Gasteiger partial charge < -0.3 is 0 Å². The van der Waals surface area contributed by atoms with Gasteiger partial charge in [-0.25, -0.2) is 0 Å². The van der Waals surface area contributed by atoms with Crippen LogP contribution in [0.25, 0.3) is 16.4 Å². The number of rotatable bonds is 0. The lowest BCUT2D eigenvalue weighted by atomic mass is 10.2. The highest BCUT2D eigenvalue weighted by Gasteiger charge is 2.00. The molecule has 0 radical (unpaired) electrons. The molecule has 3 nitrogen and oxygen atoms in total. The average molecular weight is 196 g/mol. The highest BCUT2D eigenvalue weighted by molar-refractivity contribution is 5.82. The summed E-state index contributed by atoms with van der Waals surface area (Å²) in [6.45, 7) is 0. The molecule has 1 aromatic carbocycles. The summed E-state index contributed by atoms with van der Waals surface area (Å²) < 4.78 is 1.67. The first-order valence-corrected chi connectivity index (χ1v) is 4.71. The summed E-state index contributed by atoms with van der Waals surface area (Å²) in [6.07, 6.45) is 3.02. The molecule has 0 bridgehead atoms. The number of fused-ring (bicyclic) bond motifs is 3. The Bertz CT molecular complexity index is 700. The normalized spacial score (nSPS) is 10.9. The second kappa shape index (κ2) is 2.92. The van der Waals surface area contributed by atoms with Crippen LogP contribution in [0.3, 0.4) is 0 Å². The molecule has 72 valence electrons. The van der Waals surface area contributed by atoms with E-state index in [1.54, 1.807) is 10.6 Å². The number of hydrogen-bond acceptors (Lipinski definition) is 2. The molecular formula is C12H8N2O. The minimum Gasteiger partial charge on any atom is -0.274 e. The Labute approximate surface area is 85.6 Å². The van der Waals surface area contributed by atoms with E-state index in [1.165, 1.54) is 6.20 Å². The number of pyridine rings is 1. The van der Waals surface area contributed by atoms with Crippen LogP contribution in [0.2, 0.25) is 0 Å². The minimum atomic E-state index is -0.0932. The van der Waals surface area contributed by atoms with Gasteiger partial charge >= 0.3 is 0 Å². The van der Waals surface area contributed by atoms with Gasteiger partial charge in [-0.1, -0.05) is 24.3 Å². The maximum absolute atomic E-state index is 11.7. The second-order valence-electron chi connectivity index (χ2n) is 3.40. The van der Waals surface area contributed by atoms with E-state index in [0.717, 1.165) is 16.4 Å². The van der Waals surface area contributed by atoms with Gasteiger partial charge in [0.2, 0.25) is 0 Å². The first-order valence-electron chi connectivity index (χ1n) is 4.71. The van der Waals surface area contributed by atoms with Gasteiger partial charge in [0.25, 0.3) is 5.56 Å². The van der Waals surface area contributed by atoms with Crippen LogP contribution < -0.4 is 5.56 Å². The van der Waals surface area contributed by atoms with Crippen LogP contribution in [0.4, 0.5) is 0 Å². The molecule has 0 saturated carbocycles. The van der Waals surface area contributed by atoms with Crippen molar-refractivity contribution in [2.45, 2.75) is 0 Å². The van der Waals surface area contributed by atoms with Gasteiger partial charge in [-0.3, -0.25) is 14.2 Å². The fraction of sp³-hybridized carbons (Fsp3) is 0. The molecule has 0 aliphatic carbocycles. The van der Waals surface area contributed by atoms with Gasteiger partial charge in [0.15, 0.2) is 0 Å². The molecule has 0 amide bonds. The number of nitrogens with zero attached hydrogens (tertiary/aromatic N) is 2. The molecule has 0 aliphatic rings. The lowest BCUT2D eigenvalue weighted by molar-refractivity contribution is 1.09. The standard InChI is InChI=1S/C12H8N2O/c15-12-8-13-7-10-6-5-9-3-1-2-4-11(9)14(10)12/h1-8H. The molecule has 0 saturated heterocycles. The highest BCUT2D eigenvalue weighted by atomic mass is 16.1. The van der Waals surface area contributed by atoms with Gasteiger partial charge in [-0.15, -0.1) is 0 Å². The van der Waals surface area contributed by atoms with E-state index >= 15 is 0 Å². The molecule has 0 fully saturated rings. The molecule has 2 heterocycles. The SMILES string of the molecule is O=c1cncc2ccc3ccccc3n12. The predicted molar refractivity (Wildman–Crippen MR) is 59.0 cm³/mol. The third-order valence-electron chi connectivity index (χ3n) is 2.48. The third kappa shape index (κ3) is 1.13. The van der Waals surface area contributed by atoms with Crippen LogP contribution in [0.15, 0.2) is 53.6 Å². The van der Waals surface area contributed by atoms with Crippen molar-refractivity contribution in [3.8, 4) is 0 Å². The monoisotopic (exact) mass is 196 g/mol. The average Bonchev–Trinajstić information content (AvgIpc) is 2.29. The fourth-order valence-electron chi connectivity index (χ4n) is 1.80. The Morgan fingerprint density at radius 2 is 1.87 bits per heavy atom. The lowest BCUT2D eigenvalue weighted by Gasteiger charge is -2.04. The Hall–Kier alpha value is -2.16. The molecule has 0 aliphatic heterocycles. The summed E-state index contributed by atoms with van der Waals surface area (Å²) in [6, 6.07) is 11.7. The topological polar surface area (TPSA) is 34.4 Å². The second-order valence-corrected chi connectivity index (χ2v) is 3.40. The maximum atomic E-state index is 11.7. The predicted octanol–water partition coefficient (Wildman–Crippen LogP) is 1.85. The zero-order valence-corrected chi connectivity index (χ0v) is 7.92. The summed E-state index contributed by atoms with van der Waals surface area (Å²) >= 11 is 0. The van der Waals surface area contributed by atoms with Crippen molar-refractivity contribution in [2.24, 2.45) is 0 Å². The highest BCUT2D eigenvalue weighted by Crippen LogP contribution is 2.13. The van der Waals surface area contributed by atoms with Gasteiger partial charge in [0.1, 0.15) is 0 Å². The molecular weight excluding hydrogens is 188 g/mol.